The molecule has 250 valence electrons. The van der Waals surface area contributed by atoms with E-state index in [9.17, 15) is 0 Å². The number of benzene rings is 10. The summed E-state index contributed by atoms with van der Waals surface area (Å²) in [6.07, 6.45) is 0. The summed E-state index contributed by atoms with van der Waals surface area (Å²) in [6, 6.07) is 76.2. The van der Waals surface area contributed by atoms with Crippen LogP contribution in [0.5, 0.6) is 0 Å². The topological polar surface area (TPSA) is 0 Å². The molecule has 10 aromatic carbocycles. The molecule has 0 aromatic heterocycles. The highest BCUT2D eigenvalue weighted by Gasteiger charge is 2.23. The van der Waals surface area contributed by atoms with Crippen LogP contribution < -0.4 is 0 Å². The Hall–Kier alpha value is -7.02. The minimum absolute atomic E-state index is 1.22. The van der Waals surface area contributed by atoms with Crippen molar-refractivity contribution in [2.45, 2.75) is 0 Å². The van der Waals surface area contributed by atoms with Gasteiger partial charge in [0.1, 0.15) is 0 Å². The third-order valence-electron chi connectivity index (χ3n) is 11.4. The smallest absolute Gasteiger partial charge is 0.00261 e. The van der Waals surface area contributed by atoms with E-state index in [1.54, 1.807) is 0 Å². The van der Waals surface area contributed by atoms with Crippen LogP contribution in [-0.2, 0) is 0 Å². The van der Waals surface area contributed by atoms with Gasteiger partial charge in [0.25, 0.3) is 0 Å². The van der Waals surface area contributed by atoms with Gasteiger partial charge in [-0.2, -0.15) is 0 Å². The Morgan fingerprint density at radius 3 is 1.07 bits per heavy atom. The third kappa shape index (κ3) is 4.71. The summed E-state index contributed by atoms with van der Waals surface area (Å²) in [5.74, 6) is 0. The maximum atomic E-state index is 2.45. The van der Waals surface area contributed by atoms with E-state index >= 15 is 0 Å². The normalized spacial score (nSPS) is 11.7. The summed E-state index contributed by atoms with van der Waals surface area (Å²) in [4.78, 5) is 0. The van der Waals surface area contributed by atoms with Gasteiger partial charge >= 0.3 is 0 Å². The molecule has 0 amide bonds. The first-order chi connectivity index (χ1) is 26.8. The van der Waals surface area contributed by atoms with E-state index in [-0.39, 0.29) is 0 Å². The zero-order valence-electron chi connectivity index (χ0n) is 29.6. The van der Waals surface area contributed by atoms with Crippen molar-refractivity contribution in [1.29, 1.82) is 0 Å². The number of hydrogen-bond donors (Lipinski definition) is 0. The molecule has 0 heteroatoms. The number of fused-ring (bicyclic) bond motifs is 11. The summed E-state index contributed by atoms with van der Waals surface area (Å²) < 4.78 is 0. The average Bonchev–Trinajstić information content (AvgIpc) is 3.24. The molecule has 0 bridgehead atoms. The zero-order valence-corrected chi connectivity index (χ0v) is 29.6. The summed E-state index contributed by atoms with van der Waals surface area (Å²) in [5, 5.41) is 7.56. The Balaban J connectivity index is 1.17. The largest absolute Gasteiger partial charge is 0.0616 e. The minimum atomic E-state index is 1.22. The Labute approximate surface area is 315 Å². The highest BCUT2D eigenvalue weighted by atomic mass is 14.3. The molecule has 0 saturated heterocycles. The fourth-order valence-corrected chi connectivity index (χ4v) is 9.09. The lowest BCUT2D eigenvalue weighted by atomic mass is 9.79. The van der Waals surface area contributed by atoms with Crippen molar-refractivity contribution in [3.8, 4) is 77.9 Å². The Bertz CT molecular complexity index is 3040. The summed E-state index contributed by atoms with van der Waals surface area (Å²) >= 11 is 0. The van der Waals surface area contributed by atoms with Gasteiger partial charge in [-0.1, -0.05) is 194 Å². The second kappa shape index (κ2) is 12.3. The van der Waals surface area contributed by atoms with Crippen molar-refractivity contribution >= 4 is 32.3 Å². The van der Waals surface area contributed by atoms with Crippen LogP contribution in [0.4, 0.5) is 0 Å². The molecule has 54 heavy (non-hydrogen) atoms. The van der Waals surface area contributed by atoms with E-state index in [4.69, 9.17) is 0 Å². The van der Waals surface area contributed by atoms with Crippen molar-refractivity contribution in [2.24, 2.45) is 0 Å². The molecule has 0 fully saturated rings. The van der Waals surface area contributed by atoms with Crippen LogP contribution in [0.15, 0.2) is 206 Å². The maximum absolute atomic E-state index is 2.45. The molecule has 0 N–H and O–H groups in total. The second-order valence-corrected chi connectivity index (χ2v) is 14.3. The highest BCUT2D eigenvalue weighted by Crippen LogP contribution is 2.50. The van der Waals surface area contributed by atoms with E-state index in [1.807, 2.05) is 0 Å². The van der Waals surface area contributed by atoms with Gasteiger partial charge in [0.05, 0.1) is 0 Å². The first-order valence-electron chi connectivity index (χ1n) is 18.8. The van der Waals surface area contributed by atoms with Crippen LogP contribution in [-0.4, -0.2) is 0 Å². The van der Waals surface area contributed by atoms with Crippen LogP contribution >= 0.6 is 0 Å². The Morgan fingerprint density at radius 2 is 0.537 bits per heavy atom. The average molecular weight is 683 g/mol. The Kier molecular flexibility index (Phi) is 6.97. The third-order valence-corrected chi connectivity index (χ3v) is 11.4. The van der Waals surface area contributed by atoms with Crippen LogP contribution in [0.3, 0.4) is 0 Å². The molecule has 0 radical (unpaired) electrons. The molecule has 0 heterocycles. The van der Waals surface area contributed by atoms with E-state index in [1.165, 1.54) is 110 Å². The van der Waals surface area contributed by atoms with Gasteiger partial charge in [0, 0.05) is 0 Å². The molecule has 0 spiro atoms. The molecule has 0 saturated carbocycles. The fourth-order valence-electron chi connectivity index (χ4n) is 9.09. The molecule has 10 aromatic rings. The van der Waals surface area contributed by atoms with Gasteiger partial charge in [0.2, 0.25) is 0 Å². The lowest BCUT2D eigenvalue weighted by molar-refractivity contribution is 1.52. The molecule has 0 unspecified atom stereocenters. The number of hydrogen-bond acceptors (Lipinski definition) is 0. The first kappa shape index (κ1) is 30.6. The SMILES string of the molecule is c1cc(-c2cccc3ccccc23)cc(-c2c3ccccc3c(-c3ccc4c(c3)-c3ccccc3-c3ccccc3-c3ccccc3-4)c3ccccc23)c1. The van der Waals surface area contributed by atoms with Gasteiger partial charge in [0.15, 0.2) is 0 Å². The zero-order chi connectivity index (χ0) is 35.6. The standard InChI is InChI=1S/C54H34/c1-2-19-39-35(15-1)16-14-30-40(39)36-17-13-18-37(33-36)53-48-26-9-11-28-50(48)54(51-29-12-10-27-49(51)53)38-31-32-47-45-24-6-5-22-43(45)41-20-3-4-21-42(41)44-23-7-8-25-46(44)52(47)34-38/h1-34H. The molecule has 1 aliphatic rings. The van der Waals surface area contributed by atoms with Crippen molar-refractivity contribution in [3.05, 3.63) is 206 Å². The second-order valence-electron chi connectivity index (χ2n) is 14.3. The van der Waals surface area contributed by atoms with Crippen molar-refractivity contribution in [3.63, 3.8) is 0 Å². The summed E-state index contributed by atoms with van der Waals surface area (Å²) in [7, 11) is 0. The van der Waals surface area contributed by atoms with Crippen molar-refractivity contribution in [2.75, 3.05) is 0 Å². The van der Waals surface area contributed by atoms with Crippen LogP contribution in [0.1, 0.15) is 0 Å². The molecule has 0 aliphatic heterocycles. The molecular weight excluding hydrogens is 649 g/mol. The Morgan fingerprint density at radius 1 is 0.185 bits per heavy atom. The van der Waals surface area contributed by atoms with Gasteiger partial charge in [-0.25, -0.2) is 0 Å². The van der Waals surface area contributed by atoms with Crippen LogP contribution in [0.2, 0.25) is 0 Å². The van der Waals surface area contributed by atoms with Crippen molar-refractivity contribution < 1.29 is 0 Å². The maximum Gasteiger partial charge on any atom is -0.00261 e. The molecule has 0 nitrogen and oxygen atoms in total. The summed E-state index contributed by atoms with van der Waals surface area (Å²) in [5.41, 5.74) is 17.6. The first-order valence-corrected chi connectivity index (χ1v) is 18.8. The van der Waals surface area contributed by atoms with E-state index in [0.29, 0.717) is 0 Å². The molecule has 11 rings (SSSR count). The lowest BCUT2D eigenvalue weighted by Crippen LogP contribution is -1.97. The van der Waals surface area contributed by atoms with Gasteiger partial charge in [-0.3, -0.25) is 0 Å². The monoisotopic (exact) mass is 682 g/mol. The van der Waals surface area contributed by atoms with E-state index in [2.05, 4.69) is 206 Å². The quantitative estimate of drug-likeness (QED) is 0.163. The van der Waals surface area contributed by atoms with E-state index in [0.717, 1.165) is 0 Å². The van der Waals surface area contributed by atoms with Gasteiger partial charge < -0.3 is 0 Å². The predicted octanol–water partition coefficient (Wildman–Crippen LogP) is 15.1. The van der Waals surface area contributed by atoms with Crippen molar-refractivity contribution in [1.82, 2.24) is 0 Å². The van der Waals surface area contributed by atoms with E-state index < -0.39 is 0 Å². The molecular formula is C54H34. The fraction of sp³-hybridized carbons (Fsp3) is 0. The molecule has 0 atom stereocenters. The molecule has 1 aliphatic carbocycles. The van der Waals surface area contributed by atoms with Crippen LogP contribution in [0, 0.1) is 0 Å². The predicted molar refractivity (Wildman–Crippen MR) is 231 cm³/mol. The summed E-state index contributed by atoms with van der Waals surface area (Å²) in [6.45, 7) is 0. The van der Waals surface area contributed by atoms with Gasteiger partial charge in [-0.15, -0.1) is 0 Å². The highest BCUT2D eigenvalue weighted by molar-refractivity contribution is 6.22. The number of rotatable bonds is 3. The lowest BCUT2D eigenvalue weighted by Gasteiger charge is -2.24. The minimum Gasteiger partial charge on any atom is -0.0616 e. The van der Waals surface area contributed by atoms with Gasteiger partial charge in [-0.05, 0) is 122 Å². The van der Waals surface area contributed by atoms with Crippen LogP contribution in [0.25, 0.3) is 110 Å².